The van der Waals surface area contributed by atoms with Gasteiger partial charge in [0.1, 0.15) is 0 Å². The standard InChI is InChI=1S/C40H24N6O6S/c47-45(48)29-15-11-27(12-16-29)39-37(25-7-3-1-4-8-25)41-33-21-19-31(23-35(33)43-39)53(51,52)32-20-22-34-36(24-32)44-40(28-13-17-30(18-14-28)46(49)50)38(42-34)26-9-5-2-6-10-26/h1-24H. The highest BCUT2D eigenvalue weighted by atomic mass is 32.2. The lowest BCUT2D eigenvalue weighted by Gasteiger charge is -2.13. The fourth-order valence-electron chi connectivity index (χ4n) is 6.02. The molecule has 8 aromatic rings. The summed E-state index contributed by atoms with van der Waals surface area (Å²) in [6.45, 7) is 0. The Morgan fingerprint density at radius 2 is 0.717 bits per heavy atom. The van der Waals surface area contributed by atoms with Gasteiger partial charge in [-0.05, 0) is 60.7 Å². The minimum absolute atomic E-state index is 0.0229. The first-order valence-corrected chi connectivity index (χ1v) is 17.6. The number of hydrogen-bond acceptors (Lipinski definition) is 10. The molecule has 0 aliphatic heterocycles. The summed E-state index contributed by atoms with van der Waals surface area (Å²) in [6.07, 6.45) is 0. The van der Waals surface area contributed by atoms with Gasteiger partial charge in [-0.1, -0.05) is 60.7 Å². The van der Waals surface area contributed by atoms with Gasteiger partial charge in [0.2, 0.25) is 9.84 Å². The molecule has 0 bridgehead atoms. The summed E-state index contributed by atoms with van der Waals surface area (Å²) in [4.78, 5) is 41.0. The van der Waals surface area contributed by atoms with Gasteiger partial charge in [0.15, 0.2) is 0 Å². The summed E-state index contributed by atoms with van der Waals surface area (Å²) in [5.74, 6) is 0. The maximum Gasteiger partial charge on any atom is 0.269 e. The number of fused-ring (bicyclic) bond motifs is 2. The van der Waals surface area contributed by atoms with E-state index in [1.54, 1.807) is 36.4 Å². The molecular formula is C40H24N6O6S. The minimum Gasteiger partial charge on any atom is -0.258 e. The van der Waals surface area contributed by atoms with Crippen LogP contribution in [0.15, 0.2) is 155 Å². The van der Waals surface area contributed by atoms with Crippen LogP contribution in [0.4, 0.5) is 11.4 Å². The van der Waals surface area contributed by atoms with Gasteiger partial charge in [-0.15, -0.1) is 0 Å². The van der Waals surface area contributed by atoms with Gasteiger partial charge < -0.3 is 0 Å². The van der Waals surface area contributed by atoms with Gasteiger partial charge in [-0.3, -0.25) is 20.2 Å². The van der Waals surface area contributed by atoms with E-state index in [4.69, 9.17) is 19.9 Å². The molecule has 0 spiro atoms. The van der Waals surface area contributed by atoms with Crippen LogP contribution in [0.5, 0.6) is 0 Å². The summed E-state index contributed by atoms with van der Waals surface area (Å²) in [7, 11) is -4.12. The highest BCUT2D eigenvalue weighted by Crippen LogP contribution is 2.35. The van der Waals surface area contributed by atoms with Crippen molar-refractivity contribution in [2.75, 3.05) is 0 Å². The number of non-ortho nitro benzene ring substituents is 2. The van der Waals surface area contributed by atoms with Crippen LogP contribution in [0.3, 0.4) is 0 Å². The molecule has 6 aromatic carbocycles. The van der Waals surface area contributed by atoms with Crippen molar-refractivity contribution in [2.24, 2.45) is 0 Å². The van der Waals surface area contributed by atoms with Crippen molar-refractivity contribution < 1.29 is 18.3 Å². The van der Waals surface area contributed by atoms with Crippen molar-refractivity contribution in [2.45, 2.75) is 9.79 Å². The van der Waals surface area contributed by atoms with E-state index in [0.29, 0.717) is 56.0 Å². The molecule has 0 aliphatic rings. The van der Waals surface area contributed by atoms with Crippen molar-refractivity contribution >= 4 is 43.3 Å². The van der Waals surface area contributed by atoms with E-state index in [9.17, 15) is 28.6 Å². The molecule has 0 amide bonds. The molecule has 0 fully saturated rings. The van der Waals surface area contributed by atoms with E-state index < -0.39 is 19.7 Å². The Balaban J connectivity index is 1.24. The van der Waals surface area contributed by atoms with Crippen LogP contribution in [-0.2, 0) is 9.84 Å². The topological polar surface area (TPSA) is 172 Å². The smallest absolute Gasteiger partial charge is 0.258 e. The third kappa shape index (κ3) is 6.21. The number of sulfone groups is 1. The predicted molar refractivity (Wildman–Crippen MR) is 200 cm³/mol. The summed E-state index contributed by atoms with van der Waals surface area (Å²) in [6, 6.07) is 39.7. The van der Waals surface area contributed by atoms with Crippen LogP contribution in [0.1, 0.15) is 0 Å². The lowest BCUT2D eigenvalue weighted by Crippen LogP contribution is -2.04. The monoisotopic (exact) mass is 716 g/mol. The lowest BCUT2D eigenvalue weighted by molar-refractivity contribution is -0.385. The first-order chi connectivity index (χ1) is 25.7. The molecule has 0 aliphatic carbocycles. The maximum atomic E-state index is 14.2. The first kappa shape index (κ1) is 32.9. The molecule has 0 N–H and O–H groups in total. The molecule has 53 heavy (non-hydrogen) atoms. The Hall–Kier alpha value is -7.25. The number of nitro benzene ring substituents is 2. The number of rotatable bonds is 8. The summed E-state index contributed by atoms with van der Waals surface area (Å²) in [5.41, 5.74) is 6.02. The molecule has 0 radical (unpaired) electrons. The van der Waals surface area contributed by atoms with Gasteiger partial charge in [0.05, 0.1) is 64.5 Å². The van der Waals surface area contributed by atoms with Crippen molar-refractivity contribution in [1.29, 1.82) is 0 Å². The van der Waals surface area contributed by atoms with Crippen molar-refractivity contribution in [3.05, 3.63) is 166 Å². The molecule has 0 saturated carbocycles. The zero-order valence-electron chi connectivity index (χ0n) is 27.4. The normalized spacial score (nSPS) is 11.5. The highest BCUT2D eigenvalue weighted by molar-refractivity contribution is 7.91. The molecule has 2 aromatic heterocycles. The molecule has 13 heteroatoms. The lowest BCUT2D eigenvalue weighted by atomic mass is 10.0. The summed E-state index contributed by atoms with van der Waals surface area (Å²) >= 11 is 0. The van der Waals surface area contributed by atoms with E-state index in [0.717, 1.165) is 11.1 Å². The number of aromatic nitrogens is 4. The van der Waals surface area contributed by atoms with Crippen molar-refractivity contribution in [3.8, 4) is 45.0 Å². The van der Waals surface area contributed by atoms with Crippen LogP contribution in [0.25, 0.3) is 67.1 Å². The predicted octanol–water partition coefficient (Wildman–Crippen LogP) is 8.89. The van der Waals surface area contributed by atoms with Gasteiger partial charge in [0, 0.05) is 46.5 Å². The molecule has 0 unspecified atom stereocenters. The number of hydrogen-bond donors (Lipinski definition) is 0. The Labute approximate surface area is 301 Å². The average Bonchev–Trinajstić information content (AvgIpc) is 3.20. The largest absolute Gasteiger partial charge is 0.269 e. The van der Waals surface area contributed by atoms with Gasteiger partial charge in [0.25, 0.3) is 11.4 Å². The number of nitrogens with zero attached hydrogens (tertiary/aromatic N) is 6. The van der Waals surface area contributed by atoms with E-state index in [-0.39, 0.29) is 21.2 Å². The second-order valence-corrected chi connectivity index (χ2v) is 13.9. The zero-order chi connectivity index (χ0) is 36.7. The Morgan fingerprint density at radius 3 is 1.06 bits per heavy atom. The summed E-state index contributed by atoms with van der Waals surface area (Å²) < 4.78 is 28.4. The van der Waals surface area contributed by atoms with Crippen LogP contribution in [0.2, 0.25) is 0 Å². The number of nitro groups is 2. The number of benzene rings is 6. The Morgan fingerprint density at radius 1 is 0.396 bits per heavy atom. The van der Waals surface area contributed by atoms with E-state index in [2.05, 4.69) is 0 Å². The van der Waals surface area contributed by atoms with Crippen LogP contribution in [0, 0.1) is 20.2 Å². The average molecular weight is 717 g/mol. The first-order valence-electron chi connectivity index (χ1n) is 16.1. The van der Waals surface area contributed by atoms with Gasteiger partial charge in [-0.2, -0.15) is 0 Å². The molecule has 12 nitrogen and oxygen atoms in total. The maximum absolute atomic E-state index is 14.2. The van der Waals surface area contributed by atoms with Crippen LogP contribution < -0.4 is 0 Å². The van der Waals surface area contributed by atoms with Gasteiger partial charge in [-0.25, -0.2) is 28.4 Å². The molecule has 256 valence electrons. The molecule has 8 rings (SSSR count). The molecular weight excluding hydrogens is 693 g/mol. The second kappa shape index (κ2) is 13.1. The van der Waals surface area contributed by atoms with Gasteiger partial charge >= 0.3 is 0 Å². The third-order valence-corrected chi connectivity index (χ3v) is 10.4. The Bertz CT molecular complexity index is 2650. The molecule has 2 heterocycles. The molecule has 0 atom stereocenters. The quantitative estimate of drug-likeness (QED) is 0.109. The van der Waals surface area contributed by atoms with E-state index in [1.165, 1.54) is 48.5 Å². The second-order valence-electron chi connectivity index (χ2n) is 12.0. The Kier molecular flexibility index (Phi) is 8.16. The van der Waals surface area contributed by atoms with Crippen molar-refractivity contribution in [1.82, 2.24) is 19.9 Å². The third-order valence-electron chi connectivity index (χ3n) is 8.69. The van der Waals surface area contributed by atoms with Crippen LogP contribution >= 0.6 is 0 Å². The van der Waals surface area contributed by atoms with Crippen LogP contribution in [-0.4, -0.2) is 38.2 Å². The fourth-order valence-corrected chi connectivity index (χ4v) is 7.32. The minimum atomic E-state index is -4.12. The molecule has 0 saturated heterocycles. The highest BCUT2D eigenvalue weighted by Gasteiger charge is 2.23. The van der Waals surface area contributed by atoms with E-state index in [1.807, 2.05) is 60.7 Å². The van der Waals surface area contributed by atoms with E-state index >= 15 is 0 Å². The SMILES string of the molecule is O=[N+]([O-])c1ccc(-c2nc3cc(S(=O)(=O)c4ccc5nc(-c6ccccc6)c(-c6ccc([N+](=O)[O-])cc6)nc5c4)ccc3nc2-c2ccccc2)cc1. The van der Waals surface area contributed by atoms with Crippen molar-refractivity contribution in [3.63, 3.8) is 0 Å². The zero-order valence-corrected chi connectivity index (χ0v) is 28.2. The summed E-state index contributed by atoms with van der Waals surface area (Å²) in [5, 5.41) is 22.6. The fraction of sp³-hybridized carbons (Fsp3) is 0.